The maximum absolute atomic E-state index is 13.1. The highest BCUT2D eigenvalue weighted by Crippen LogP contribution is 2.42. The van der Waals surface area contributed by atoms with Crippen LogP contribution >= 0.6 is 15.9 Å². The maximum atomic E-state index is 13.1. The molecule has 0 spiro atoms. The number of nitro benzene ring substituents is 1. The van der Waals surface area contributed by atoms with Crippen molar-refractivity contribution < 1.29 is 22.5 Å². The Morgan fingerprint density at radius 2 is 1.94 bits per heavy atom. The number of anilines is 1. The number of nitrogens with two attached hydrogens (primary N) is 1. The monoisotopic (exact) mass is 302 g/mol. The lowest BCUT2D eigenvalue weighted by molar-refractivity contribution is -0.384. The van der Waals surface area contributed by atoms with E-state index in [0.29, 0.717) is 6.07 Å². The van der Waals surface area contributed by atoms with Gasteiger partial charge in [0.05, 0.1) is 9.40 Å². The SMILES string of the molecule is Nc1c([N+](=O)[O-])cc(Br)c(F)c1C(F)(F)F. The Balaban J connectivity index is 3.66. The van der Waals surface area contributed by atoms with Crippen LogP contribution in [0.4, 0.5) is 28.9 Å². The zero-order valence-corrected chi connectivity index (χ0v) is 8.89. The topological polar surface area (TPSA) is 69.2 Å². The molecule has 0 aliphatic carbocycles. The normalized spacial score (nSPS) is 11.6. The molecule has 4 nitrogen and oxygen atoms in total. The van der Waals surface area contributed by atoms with Crippen LogP contribution in [0.1, 0.15) is 5.56 Å². The second kappa shape index (κ2) is 3.89. The molecule has 0 aliphatic rings. The number of nitrogen functional groups attached to an aromatic ring is 1. The molecule has 0 fully saturated rings. The van der Waals surface area contributed by atoms with Gasteiger partial charge in [-0.1, -0.05) is 0 Å². The predicted molar refractivity (Wildman–Crippen MR) is 50.2 cm³/mol. The molecule has 0 heterocycles. The highest BCUT2D eigenvalue weighted by molar-refractivity contribution is 9.10. The quantitative estimate of drug-likeness (QED) is 0.375. The van der Waals surface area contributed by atoms with Crippen molar-refractivity contribution in [3.63, 3.8) is 0 Å². The molecule has 0 saturated heterocycles. The Bertz CT molecular complexity index is 461. The molecular formula is C7H3BrF4N2O2. The first-order valence-corrected chi connectivity index (χ1v) is 4.44. The van der Waals surface area contributed by atoms with E-state index in [-0.39, 0.29) is 0 Å². The number of nitrogens with zero attached hydrogens (tertiary/aromatic N) is 1. The van der Waals surface area contributed by atoms with Gasteiger partial charge in [0.15, 0.2) is 5.82 Å². The average molecular weight is 303 g/mol. The molecule has 88 valence electrons. The molecule has 1 rings (SSSR count). The largest absolute Gasteiger partial charge is 0.421 e. The molecule has 0 aromatic heterocycles. The molecule has 0 saturated carbocycles. The van der Waals surface area contributed by atoms with E-state index in [0.717, 1.165) is 0 Å². The van der Waals surface area contributed by atoms with Crippen LogP contribution in [0.3, 0.4) is 0 Å². The molecule has 0 atom stereocenters. The van der Waals surface area contributed by atoms with Crippen molar-refractivity contribution in [3.05, 3.63) is 32.0 Å². The molecular weight excluding hydrogens is 300 g/mol. The van der Waals surface area contributed by atoms with Crippen molar-refractivity contribution in [2.45, 2.75) is 6.18 Å². The minimum absolute atomic E-state index is 0.583. The van der Waals surface area contributed by atoms with Crippen LogP contribution in [-0.4, -0.2) is 4.92 Å². The highest BCUT2D eigenvalue weighted by atomic mass is 79.9. The Kier molecular flexibility index (Phi) is 3.08. The third-order valence-electron chi connectivity index (χ3n) is 1.72. The van der Waals surface area contributed by atoms with Gasteiger partial charge in [0.2, 0.25) is 0 Å². The Labute approximate surface area is 94.3 Å². The maximum Gasteiger partial charge on any atom is 0.421 e. The highest BCUT2D eigenvalue weighted by Gasteiger charge is 2.40. The molecule has 0 radical (unpaired) electrons. The van der Waals surface area contributed by atoms with Crippen molar-refractivity contribution >= 4 is 27.3 Å². The molecule has 0 aliphatic heterocycles. The van der Waals surface area contributed by atoms with Crippen molar-refractivity contribution in [2.24, 2.45) is 0 Å². The molecule has 0 bridgehead atoms. The summed E-state index contributed by atoms with van der Waals surface area (Å²) >= 11 is 2.46. The van der Waals surface area contributed by atoms with E-state index in [9.17, 15) is 27.7 Å². The van der Waals surface area contributed by atoms with Gasteiger partial charge in [-0.15, -0.1) is 0 Å². The summed E-state index contributed by atoms with van der Waals surface area (Å²) in [5.41, 5.74) is 0.841. The number of alkyl halides is 3. The minimum atomic E-state index is -5.09. The summed E-state index contributed by atoms with van der Waals surface area (Å²) in [6.07, 6.45) is -5.09. The fraction of sp³-hybridized carbons (Fsp3) is 0.143. The number of rotatable bonds is 1. The molecule has 9 heteroatoms. The van der Waals surface area contributed by atoms with Gasteiger partial charge in [0, 0.05) is 6.07 Å². The molecule has 16 heavy (non-hydrogen) atoms. The van der Waals surface area contributed by atoms with Crippen molar-refractivity contribution in [2.75, 3.05) is 5.73 Å². The number of hydrogen-bond donors (Lipinski definition) is 1. The van der Waals surface area contributed by atoms with Gasteiger partial charge in [0.1, 0.15) is 11.3 Å². The smallest absolute Gasteiger partial charge is 0.393 e. The Hall–Kier alpha value is -1.38. The lowest BCUT2D eigenvalue weighted by Gasteiger charge is -2.11. The van der Waals surface area contributed by atoms with E-state index in [1.54, 1.807) is 0 Å². The molecule has 2 N–H and O–H groups in total. The standard InChI is InChI=1S/C7H3BrF4N2O2/c8-2-1-3(14(15)16)6(13)4(5(2)9)7(10,11)12/h1H,13H2. The van der Waals surface area contributed by atoms with E-state index in [2.05, 4.69) is 15.9 Å². The second-order valence-corrected chi connectivity index (χ2v) is 3.59. The minimum Gasteiger partial charge on any atom is -0.393 e. The van der Waals surface area contributed by atoms with Crippen LogP contribution in [0.5, 0.6) is 0 Å². The van der Waals surface area contributed by atoms with Gasteiger partial charge in [0.25, 0.3) is 5.69 Å². The van der Waals surface area contributed by atoms with Crippen LogP contribution in [0.2, 0.25) is 0 Å². The molecule has 1 aromatic rings. The molecule has 0 unspecified atom stereocenters. The fourth-order valence-electron chi connectivity index (χ4n) is 1.06. The van der Waals surface area contributed by atoms with E-state index in [1.807, 2.05) is 0 Å². The lowest BCUT2D eigenvalue weighted by Crippen LogP contribution is -2.14. The zero-order valence-electron chi connectivity index (χ0n) is 7.31. The summed E-state index contributed by atoms with van der Waals surface area (Å²) in [6, 6.07) is 0.583. The number of nitro groups is 1. The van der Waals surface area contributed by atoms with E-state index >= 15 is 0 Å². The summed E-state index contributed by atoms with van der Waals surface area (Å²) in [5, 5.41) is 10.4. The van der Waals surface area contributed by atoms with Crippen molar-refractivity contribution in [1.82, 2.24) is 0 Å². The first-order valence-electron chi connectivity index (χ1n) is 3.65. The van der Waals surface area contributed by atoms with Gasteiger partial charge in [-0.25, -0.2) is 4.39 Å². The summed E-state index contributed by atoms with van der Waals surface area (Å²) in [5.74, 6) is -1.67. The average Bonchev–Trinajstić information content (AvgIpc) is 2.08. The Morgan fingerprint density at radius 3 is 2.31 bits per heavy atom. The zero-order chi connectivity index (χ0) is 12.7. The van der Waals surface area contributed by atoms with Gasteiger partial charge >= 0.3 is 6.18 Å². The lowest BCUT2D eigenvalue weighted by atomic mass is 10.1. The van der Waals surface area contributed by atoms with Gasteiger partial charge < -0.3 is 5.73 Å². The summed E-state index contributed by atoms with van der Waals surface area (Å²) in [4.78, 5) is 9.26. The van der Waals surface area contributed by atoms with E-state index < -0.39 is 38.3 Å². The van der Waals surface area contributed by atoms with Crippen molar-refractivity contribution in [1.29, 1.82) is 0 Å². The van der Waals surface area contributed by atoms with Crippen LogP contribution in [-0.2, 0) is 6.18 Å². The van der Waals surface area contributed by atoms with Crippen LogP contribution < -0.4 is 5.73 Å². The van der Waals surface area contributed by atoms with Crippen LogP contribution in [0.15, 0.2) is 10.5 Å². The third-order valence-corrected chi connectivity index (χ3v) is 2.30. The van der Waals surface area contributed by atoms with Gasteiger partial charge in [-0.3, -0.25) is 10.1 Å². The Morgan fingerprint density at radius 1 is 1.44 bits per heavy atom. The molecule has 1 aromatic carbocycles. The van der Waals surface area contributed by atoms with Crippen LogP contribution in [0, 0.1) is 15.9 Å². The summed E-state index contributed by atoms with van der Waals surface area (Å²) < 4.78 is 49.6. The number of halogens is 5. The predicted octanol–water partition coefficient (Wildman–Crippen LogP) is 3.10. The van der Waals surface area contributed by atoms with E-state index in [4.69, 9.17) is 5.73 Å². The second-order valence-electron chi connectivity index (χ2n) is 2.74. The van der Waals surface area contributed by atoms with Gasteiger partial charge in [-0.05, 0) is 15.9 Å². The summed E-state index contributed by atoms with van der Waals surface area (Å²) in [7, 11) is 0. The molecule has 0 amide bonds. The first kappa shape index (κ1) is 12.7. The van der Waals surface area contributed by atoms with E-state index in [1.165, 1.54) is 0 Å². The number of benzene rings is 1. The fourth-order valence-corrected chi connectivity index (χ4v) is 1.47. The first-order chi connectivity index (χ1) is 7.16. The van der Waals surface area contributed by atoms with Crippen LogP contribution in [0.25, 0.3) is 0 Å². The number of hydrogen-bond acceptors (Lipinski definition) is 3. The van der Waals surface area contributed by atoms with Gasteiger partial charge in [-0.2, -0.15) is 13.2 Å². The summed E-state index contributed by atoms with van der Waals surface area (Å²) in [6.45, 7) is 0. The van der Waals surface area contributed by atoms with Crippen molar-refractivity contribution in [3.8, 4) is 0 Å². The third kappa shape index (κ3) is 2.08.